The third kappa shape index (κ3) is 2.19. The highest BCUT2D eigenvalue weighted by Gasteiger charge is 2.41. The third-order valence-corrected chi connectivity index (χ3v) is 3.44. The van der Waals surface area contributed by atoms with E-state index in [1.165, 1.54) is 0 Å². The number of hydrogen-bond donors (Lipinski definition) is 2. The van der Waals surface area contributed by atoms with Crippen molar-refractivity contribution < 1.29 is 19.4 Å². The molecule has 0 spiro atoms. The van der Waals surface area contributed by atoms with E-state index in [1.54, 1.807) is 0 Å². The Kier molecular flexibility index (Phi) is 3.14. The average molecular weight is 227 g/mol. The van der Waals surface area contributed by atoms with Crippen LogP contribution in [0.3, 0.4) is 0 Å². The monoisotopic (exact) mass is 227 g/mol. The molecule has 1 heterocycles. The molecular weight excluding hydrogens is 210 g/mol. The van der Waals surface area contributed by atoms with E-state index in [1.807, 2.05) is 6.92 Å². The highest BCUT2D eigenvalue weighted by molar-refractivity contribution is 5.85. The molecule has 1 aliphatic carbocycles. The van der Waals surface area contributed by atoms with Gasteiger partial charge in [-0.15, -0.1) is 0 Å². The van der Waals surface area contributed by atoms with Crippen LogP contribution in [-0.4, -0.2) is 36.2 Å². The van der Waals surface area contributed by atoms with Gasteiger partial charge in [0.25, 0.3) is 0 Å². The first-order valence-electron chi connectivity index (χ1n) is 5.69. The Morgan fingerprint density at radius 2 is 1.88 bits per heavy atom. The number of rotatable bonds is 3. The predicted octanol–water partition coefficient (Wildman–Crippen LogP) is 0.248. The molecule has 3 atom stereocenters. The van der Waals surface area contributed by atoms with Gasteiger partial charge in [0.15, 0.2) is 0 Å². The molecule has 16 heavy (non-hydrogen) atoms. The molecule has 0 bridgehead atoms. The lowest BCUT2D eigenvalue weighted by Gasteiger charge is -2.28. The van der Waals surface area contributed by atoms with Crippen molar-refractivity contribution in [1.82, 2.24) is 5.32 Å². The molecule has 1 amide bonds. The average Bonchev–Trinajstić information content (AvgIpc) is 2.53. The summed E-state index contributed by atoms with van der Waals surface area (Å²) in [5, 5.41) is 11.9. The molecule has 0 aromatic carbocycles. The van der Waals surface area contributed by atoms with Crippen LogP contribution in [-0.2, 0) is 14.3 Å². The maximum absolute atomic E-state index is 11.9. The minimum atomic E-state index is -0.852. The number of carbonyl (C=O) groups excluding carboxylic acids is 1. The summed E-state index contributed by atoms with van der Waals surface area (Å²) < 4.78 is 4.96. The molecule has 90 valence electrons. The van der Waals surface area contributed by atoms with E-state index >= 15 is 0 Å². The van der Waals surface area contributed by atoms with Gasteiger partial charge in [-0.3, -0.25) is 9.59 Å². The highest BCUT2D eigenvalue weighted by Crippen LogP contribution is 2.36. The Balaban J connectivity index is 1.95. The second kappa shape index (κ2) is 4.41. The number of nitrogens with one attached hydrogen (secondary N) is 1. The van der Waals surface area contributed by atoms with E-state index in [2.05, 4.69) is 5.32 Å². The van der Waals surface area contributed by atoms with Gasteiger partial charge < -0.3 is 15.2 Å². The summed E-state index contributed by atoms with van der Waals surface area (Å²) in [7, 11) is 0. The normalized spacial score (nSPS) is 34.4. The number of ether oxygens (including phenoxy) is 1. The Labute approximate surface area is 94.2 Å². The maximum Gasteiger partial charge on any atom is 0.307 e. The van der Waals surface area contributed by atoms with Gasteiger partial charge in [-0.2, -0.15) is 0 Å². The first-order valence-corrected chi connectivity index (χ1v) is 5.69. The molecule has 1 saturated heterocycles. The fourth-order valence-corrected chi connectivity index (χ4v) is 2.48. The van der Waals surface area contributed by atoms with E-state index in [4.69, 9.17) is 9.84 Å². The summed E-state index contributed by atoms with van der Waals surface area (Å²) in [5.41, 5.74) is 0. The van der Waals surface area contributed by atoms with Crippen molar-refractivity contribution in [1.29, 1.82) is 0 Å². The summed E-state index contributed by atoms with van der Waals surface area (Å²) in [4.78, 5) is 22.9. The van der Waals surface area contributed by atoms with Gasteiger partial charge in [0, 0.05) is 0 Å². The van der Waals surface area contributed by atoms with Crippen molar-refractivity contribution in [2.45, 2.75) is 25.8 Å². The summed E-state index contributed by atoms with van der Waals surface area (Å²) in [6.45, 7) is 3.09. The van der Waals surface area contributed by atoms with E-state index in [0.717, 1.165) is 0 Å². The molecule has 5 nitrogen and oxygen atoms in total. The van der Waals surface area contributed by atoms with Gasteiger partial charge in [0.2, 0.25) is 5.91 Å². The van der Waals surface area contributed by atoms with Gasteiger partial charge in [-0.25, -0.2) is 0 Å². The van der Waals surface area contributed by atoms with E-state index in [9.17, 15) is 9.59 Å². The summed E-state index contributed by atoms with van der Waals surface area (Å²) >= 11 is 0. The van der Waals surface area contributed by atoms with Crippen molar-refractivity contribution in [2.24, 2.45) is 17.8 Å². The number of aliphatic carboxylic acids is 1. The molecule has 1 aliphatic heterocycles. The van der Waals surface area contributed by atoms with Crippen LogP contribution in [0.25, 0.3) is 0 Å². The van der Waals surface area contributed by atoms with Crippen LogP contribution in [0.4, 0.5) is 0 Å². The van der Waals surface area contributed by atoms with Crippen molar-refractivity contribution >= 4 is 11.9 Å². The zero-order valence-corrected chi connectivity index (χ0v) is 9.31. The van der Waals surface area contributed by atoms with Crippen LogP contribution in [0.5, 0.6) is 0 Å². The number of hydrogen-bond acceptors (Lipinski definition) is 3. The molecule has 2 aliphatic rings. The van der Waals surface area contributed by atoms with Crippen molar-refractivity contribution in [3.63, 3.8) is 0 Å². The molecule has 0 radical (unpaired) electrons. The van der Waals surface area contributed by atoms with E-state index in [-0.39, 0.29) is 17.9 Å². The molecule has 0 aromatic heterocycles. The van der Waals surface area contributed by atoms with E-state index < -0.39 is 11.9 Å². The topological polar surface area (TPSA) is 75.6 Å². The first kappa shape index (κ1) is 11.4. The molecule has 2 N–H and O–H groups in total. The van der Waals surface area contributed by atoms with Gasteiger partial charge >= 0.3 is 5.97 Å². The zero-order chi connectivity index (χ0) is 11.7. The van der Waals surface area contributed by atoms with E-state index in [0.29, 0.717) is 32.0 Å². The molecule has 2 rings (SSSR count). The number of carboxylic acids is 1. The lowest BCUT2D eigenvalue weighted by molar-refractivity contribution is -0.146. The van der Waals surface area contributed by atoms with Gasteiger partial charge in [0.05, 0.1) is 31.1 Å². The Bertz CT molecular complexity index is 300. The fraction of sp³-hybridized carbons (Fsp3) is 0.818. The van der Waals surface area contributed by atoms with Gasteiger partial charge in [-0.1, -0.05) is 6.92 Å². The second-order valence-electron chi connectivity index (χ2n) is 4.87. The standard InChI is InChI=1S/C11H17NO4/c1-6-2-8(9(3-6)11(14)15)10(13)12-7-4-16-5-7/h6-9H,2-5H2,1H3,(H,12,13)(H,14,15)/t6?,8-,9+/m0/s1. The SMILES string of the molecule is CC1C[C@H](C(=O)NC2COC2)[C@H](C(=O)O)C1. The fourth-order valence-electron chi connectivity index (χ4n) is 2.48. The van der Waals surface area contributed by atoms with Crippen LogP contribution in [0, 0.1) is 17.8 Å². The third-order valence-electron chi connectivity index (χ3n) is 3.44. The van der Waals surface area contributed by atoms with Crippen LogP contribution < -0.4 is 5.32 Å². The Morgan fingerprint density at radius 3 is 2.38 bits per heavy atom. The predicted molar refractivity (Wildman–Crippen MR) is 55.8 cm³/mol. The van der Waals surface area contributed by atoms with Crippen LogP contribution >= 0.6 is 0 Å². The number of amides is 1. The van der Waals surface area contributed by atoms with Gasteiger partial charge in [-0.05, 0) is 18.8 Å². The van der Waals surface area contributed by atoms with Gasteiger partial charge in [0.1, 0.15) is 0 Å². The smallest absolute Gasteiger partial charge is 0.307 e. The highest BCUT2D eigenvalue weighted by atomic mass is 16.5. The molecule has 2 fully saturated rings. The Morgan fingerprint density at radius 1 is 1.25 bits per heavy atom. The van der Waals surface area contributed by atoms with Crippen LogP contribution in [0.2, 0.25) is 0 Å². The molecule has 1 unspecified atom stereocenters. The lowest BCUT2D eigenvalue weighted by Crippen LogP contribution is -2.51. The van der Waals surface area contributed by atoms with Crippen LogP contribution in [0.1, 0.15) is 19.8 Å². The molecule has 1 saturated carbocycles. The van der Waals surface area contributed by atoms with Crippen molar-refractivity contribution in [3.8, 4) is 0 Å². The Hall–Kier alpha value is -1.10. The summed E-state index contributed by atoms with van der Waals surface area (Å²) in [5.74, 6) is -1.54. The van der Waals surface area contributed by atoms with Crippen molar-refractivity contribution in [2.75, 3.05) is 13.2 Å². The molecular formula is C11H17NO4. The summed E-state index contributed by atoms with van der Waals surface area (Å²) in [6, 6.07) is 0.0813. The minimum Gasteiger partial charge on any atom is -0.481 e. The largest absolute Gasteiger partial charge is 0.481 e. The van der Waals surface area contributed by atoms with Crippen LogP contribution in [0.15, 0.2) is 0 Å². The lowest BCUT2D eigenvalue weighted by atomic mass is 9.95. The minimum absolute atomic E-state index is 0.0813. The first-order chi connectivity index (χ1) is 7.58. The summed E-state index contributed by atoms with van der Waals surface area (Å²) in [6.07, 6.45) is 1.28. The molecule has 0 aromatic rings. The number of carbonyl (C=O) groups is 2. The zero-order valence-electron chi connectivity index (χ0n) is 9.31. The number of carboxylic acid groups (broad SMARTS) is 1. The quantitative estimate of drug-likeness (QED) is 0.724. The van der Waals surface area contributed by atoms with Crippen molar-refractivity contribution in [3.05, 3.63) is 0 Å². The second-order valence-corrected chi connectivity index (χ2v) is 4.87. The maximum atomic E-state index is 11.9. The molecule has 5 heteroatoms.